The standard InChI is InChI=1S/C17H19NO2.C13H17NO2.C10H19NO4.C10H13NO2.C8H17NO2.C7H15NO2S.C6H13NO2.C5H11NO2/c1-18-16(12-14-8-4-2-5-9-14)17(19)20-13-15-10-6-3-7-11-15;1-14-9-5-8-12(14)13(15)16-10-11-6-3-2-4-7-11;1-4-14-9(12)7-6-8(11-3)10(13)15-5-2;1-11-9(10(12)13)7-8-5-3-2-4-6-8;1-5-11-8(10)7(9-4)6(2)3;1-8-6(4-5-11-3)7(9)10-2;1-4(2)5(7-3)6(8)9;1-4(6-2)5(7)8-3/h2-11,16,18H,12-13H2,1H3;2-4,6-7,12H,5,8-10H2,1H3;8,11H,4-7H2,1-3H3;2-6,9,11H,7H2,1H3,(H,12,13);6-7,9H,5H2,1-4H3;6,8H,4-5H2,1-3H3;4-5,7H,1-3H3,(H,8,9);4,6H,1-3H3/t16-;12-;8-;9-;7-;6-;5-;4-/m00000000/s1. The van der Waals surface area contributed by atoms with Crippen LogP contribution in [0.2, 0.25) is 0 Å². The molecule has 582 valence electrons. The number of carboxylic acid groups (broad SMARTS) is 2. The Labute approximate surface area is 617 Å². The fraction of sp³-hybridized carbons (Fsp3) is 0.566. The molecule has 0 spiro atoms. The molecule has 4 aromatic carbocycles. The third-order valence-corrected chi connectivity index (χ3v) is 15.8. The lowest BCUT2D eigenvalue weighted by atomic mass is 10.1. The second kappa shape index (κ2) is 63.8. The Balaban J connectivity index is -0.00000113. The topological polar surface area (TPSA) is 346 Å². The highest BCUT2D eigenvalue weighted by Gasteiger charge is 2.29. The van der Waals surface area contributed by atoms with Gasteiger partial charge in [0.05, 0.1) is 34.0 Å². The molecule has 0 aromatic heterocycles. The number of likely N-dealkylation sites (tertiary alicyclic amines) is 1. The van der Waals surface area contributed by atoms with Crippen molar-refractivity contribution in [3.8, 4) is 0 Å². The second-order valence-corrected chi connectivity index (χ2v) is 24.4. The Kier molecular flexibility index (Phi) is 61.5. The number of esters is 7. The number of aliphatic carboxylic acids is 2. The van der Waals surface area contributed by atoms with E-state index in [4.69, 9.17) is 33.9 Å². The summed E-state index contributed by atoms with van der Waals surface area (Å²) in [5, 5.41) is 37.1. The van der Waals surface area contributed by atoms with Crippen molar-refractivity contribution in [1.29, 1.82) is 0 Å². The molecule has 0 saturated carbocycles. The molecule has 0 bridgehead atoms. The van der Waals surface area contributed by atoms with Crippen molar-refractivity contribution in [2.24, 2.45) is 11.8 Å². The van der Waals surface area contributed by atoms with Gasteiger partial charge in [0.25, 0.3) is 0 Å². The number of carboxylic acids is 2. The van der Waals surface area contributed by atoms with Gasteiger partial charge in [0, 0.05) is 6.42 Å². The first-order valence-electron chi connectivity index (χ1n) is 34.6. The molecule has 26 nitrogen and oxygen atoms in total. The van der Waals surface area contributed by atoms with Crippen LogP contribution in [0.25, 0.3) is 0 Å². The van der Waals surface area contributed by atoms with E-state index in [0.29, 0.717) is 52.3 Å². The van der Waals surface area contributed by atoms with Crippen LogP contribution in [-0.2, 0) is 102 Å². The number of carbonyl (C=O) groups is 9. The largest absolute Gasteiger partial charge is 0.480 e. The van der Waals surface area contributed by atoms with Crippen molar-refractivity contribution in [3.05, 3.63) is 144 Å². The van der Waals surface area contributed by atoms with Crippen molar-refractivity contribution in [1.82, 2.24) is 42.1 Å². The van der Waals surface area contributed by atoms with E-state index in [9.17, 15) is 43.2 Å². The van der Waals surface area contributed by atoms with Gasteiger partial charge in [-0.3, -0.25) is 48.1 Å². The van der Waals surface area contributed by atoms with Crippen LogP contribution in [-0.4, -0.2) is 226 Å². The van der Waals surface area contributed by atoms with Crippen molar-refractivity contribution < 1.29 is 86.5 Å². The van der Waals surface area contributed by atoms with E-state index < -0.39 is 30.1 Å². The molecule has 1 aliphatic rings. The van der Waals surface area contributed by atoms with Gasteiger partial charge in [-0.2, -0.15) is 11.8 Å². The molecule has 8 atom stereocenters. The Bertz CT molecular complexity index is 2850. The van der Waals surface area contributed by atoms with Gasteiger partial charge >= 0.3 is 53.7 Å². The molecule has 103 heavy (non-hydrogen) atoms. The number of rotatable bonds is 34. The van der Waals surface area contributed by atoms with E-state index in [1.54, 1.807) is 81.9 Å². The third-order valence-electron chi connectivity index (χ3n) is 15.1. The van der Waals surface area contributed by atoms with Gasteiger partial charge in [0.2, 0.25) is 0 Å². The summed E-state index contributed by atoms with van der Waals surface area (Å²) in [6, 6.07) is 36.8. The number of hydrogen-bond acceptors (Lipinski definition) is 25. The minimum atomic E-state index is -0.814. The van der Waals surface area contributed by atoms with E-state index >= 15 is 0 Å². The maximum Gasteiger partial charge on any atom is 0.323 e. The predicted molar refractivity (Wildman–Crippen MR) is 405 cm³/mol. The highest BCUT2D eigenvalue weighted by molar-refractivity contribution is 7.98. The zero-order valence-corrected chi connectivity index (χ0v) is 65.3. The number of ether oxygens (including phenoxy) is 7. The first-order chi connectivity index (χ1) is 49.1. The number of thioether (sulfide) groups is 1. The SMILES string of the molecule is CCOC(=O)CC[C@H](NC)C(=O)OCC.CCOC(=O)[C@@H](NC)C(C)C.CN1CCC[C@H]1C(=O)OCc1ccccc1.CN[C@@H](C)C(=O)OC.CN[C@@H](CCSC)C(=O)OC.CN[C@@H](Cc1ccccc1)C(=O)O.CN[C@@H](Cc1ccccc1)C(=O)OCc1ccccc1.CN[C@H](C(=O)O)C(C)C. The maximum atomic E-state index is 12.1. The molecular formula is C76H124N8O18S. The van der Waals surface area contributed by atoms with Crippen molar-refractivity contribution in [2.75, 3.05) is 109 Å². The summed E-state index contributed by atoms with van der Waals surface area (Å²) in [5.41, 5.74) is 4.18. The maximum absolute atomic E-state index is 12.1. The number of nitrogens with one attached hydrogen (secondary N) is 7. The normalized spacial score (nSPS) is 13.8. The van der Waals surface area contributed by atoms with Gasteiger partial charge < -0.3 is 80.6 Å². The first kappa shape index (κ1) is 99.3. The molecule has 1 heterocycles. The molecule has 0 unspecified atom stereocenters. The summed E-state index contributed by atoms with van der Waals surface area (Å²) in [5.74, 6) is -1.71. The fourth-order valence-corrected chi connectivity index (χ4v) is 9.52. The summed E-state index contributed by atoms with van der Waals surface area (Å²) in [6.07, 6.45) is 6.62. The van der Waals surface area contributed by atoms with Crippen LogP contribution >= 0.6 is 11.8 Å². The van der Waals surface area contributed by atoms with Crippen molar-refractivity contribution >= 4 is 65.5 Å². The number of methoxy groups -OCH3 is 2. The molecule has 1 aliphatic heterocycles. The molecule has 1 fully saturated rings. The van der Waals surface area contributed by atoms with Gasteiger partial charge in [-0.05, 0) is 175 Å². The molecule has 0 amide bonds. The number of carbonyl (C=O) groups excluding carboxylic acids is 7. The summed E-state index contributed by atoms with van der Waals surface area (Å²) < 4.78 is 34.1. The minimum Gasteiger partial charge on any atom is -0.480 e. The highest BCUT2D eigenvalue weighted by atomic mass is 32.2. The first-order valence-corrected chi connectivity index (χ1v) is 36.0. The summed E-state index contributed by atoms with van der Waals surface area (Å²) in [6.45, 7) is 17.6. The smallest absolute Gasteiger partial charge is 0.323 e. The molecule has 0 aliphatic carbocycles. The van der Waals surface area contributed by atoms with Crippen LogP contribution in [0.3, 0.4) is 0 Å². The Morgan fingerprint density at radius 2 is 0.864 bits per heavy atom. The predicted octanol–water partition coefficient (Wildman–Crippen LogP) is 7.14. The van der Waals surface area contributed by atoms with E-state index in [0.717, 1.165) is 53.8 Å². The summed E-state index contributed by atoms with van der Waals surface area (Å²) in [4.78, 5) is 102. The number of benzene rings is 4. The number of nitrogens with zero attached hydrogens (tertiary/aromatic N) is 1. The average Bonchev–Trinajstić information content (AvgIpc) is 1.79. The van der Waals surface area contributed by atoms with Gasteiger partial charge in [-0.15, -0.1) is 0 Å². The Morgan fingerprint density at radius 3 is 1.19 bits per heavy atom. The Morgan fingerprint density at radius 1 is 0.466 bits per heavy atom. The molecule has 1 saturated heterocycles. The molecule has 27 heteroatoms. The van der Waals surface area contributed by atoms with Gasteiger partial charge in [-0.25, -0.2) is 0 Å². The van der Waals surface area contributed by atoms with Crippen LogP contribution in [0.15, 0.2) is 121 Å². The van der Waals surface area contributed by atoms with Gasteiger partial charge in [0.1, 0.15) is 61.5 Å². The lowest BCUT2D eigenvalue weighted by Crippen LogP contribution is -2.39. The van der Waals surface area contributed by atoms with E-state index in [1.165, 1.54) is 14.2 Å². The van der Waals surface area contributed by atoms with Gasteiger partial charge in [-0.1, -0.05) is 149 Å². The monoisotopic (exact) mass is 1470 g/mol. The molecule has 5 rings (SSSR count). The van der Waals surface area contributed by atoms with Crippen molar-refractivity contribution in [2.45, 2.75) is 162 Å². The van der Waals surface area contributed by atoms with E-state index in [-0.39, 0.29) is 90.3 Å². The van der Waals surface area contributed by atoms with Crippen LogP contribution < -0.4 is 37.2 Å². The minimum absolute atomic E-state index is 0.0382. The molecule has 4 aromatic rings. The van der Waals surface area contributed by atoms with Crippen LogP contribution in [0.1, 0.15) is 110 Å². The van der Waals surface area contributed by atoms with Crippen molar-refractivity contribution in [3.63, 3.8) is 0 Å². The zero-order valence-electron chi connectivity index (χ0n) is 64.5. The summed E-state index contributed by atoms with van der Waals surface area (Å²) >= 11 is 1.73. The van der Waals surface area contributed by atoms with E-state index in [2.05, 4.69) is 51.6 Å². The lowest BCUT2D eigenvalue weighted by Gasteiger charge is -2.17. The molecule has 9 N–H and O–H groups in total. The third kappa shape index (κ3) is 48.7. The lowest BCUT2D eigenvalue weighted by molar-refractivity contribution is -0.150. The quantitative estimate of drug-likeness (QED) is 0.0166. The van der Waals surface area contributed by atoms with E-state index in [1.807, 2.05) is 169 Å². The second-order valence-electron chi connectivity index (χ2n) is 23.5. The van der Waals surface area contributed by atoms with Crippen LogP contribution in [0.5, 0.6) is 0 Å². The summed E-state index contributed by atoms with van der Waals surface area (Å²) in [7, 11) is 16.7. The zero-order chi connectivity index (χ0) is 78.5. The van der Waals surface area contributed by atoms with Gasteiger partial charge in [0.15, 0.2) is 0 Å². The number of likely N-dealkylation sites (N-methyl/N-ethyl adjacent to an activating group) is 8. The number of hydrogen-bond donors (Lipinski definition) is 9. The average molecular weight is 1470 g/mol. The van der Waals surface area contributed by atoms with Crippen LogP contribution in [0, 0.1) is 11.8 Å². The fourth-order valence-electron chi connectivity index (χ4n) is 9.05. The molecule has 0 radical (unpaired) electrons. The highest BCUT2D eigenvalue weighted by Crippen LogP contribution is 2.17. The van der Waals surface area contributed by atoms with Crippen LogP contribution in [0.4, 0.5) is 0 Å². The molecular weight excluding hydrogens is 1340 g/mol. The Hall–Kier alpha value is -7.86.